The van der Waals surface area contributed by atoms with Crippen LogP contribution in [0.2, 0.25) is 0 Å². The van der Waals surface area contributed by atoms with E-state index in [0.717, 1.165) is 0 Å². The van der Waals surface area contributed by atoms with Crippen LogP contribution in [0.1, 0.15) is 21.9 Å². The van der Waals surface area contributed by atoms with Gasteiger partial charge >= 0.3 is 5.97 Å². The summed E-state index contributed by atoms with van der Waals surface area (Å²) in [4.78, 5) is 23.1. The Balaban J connectivity index is 1.78. The fourth-order valence-corrected chi connectivity index (χ4v) is 1.63. The van der Waals surface area contributed by atoms with Gasteiger partial charge in [-0.2, -0.15) is 0 Å². The molecule has 1 aromatic carbocycles. The van der Waals surface area contributed by atoms with E-state index in [1.54, 1.807) is 31.2 Å². The molecule has 2 rings (SSSR count). The third-order valence-electron chi connectivity index (χ3n) is 2.71. The number of ether oxygens (including phenoxy) is 1. The van der Waals surface area contributed by atoms with E-state index >= 15 is 0 Å². The van der Waals surface area contributed by atoms with E-state index in [2.05, 4.69) is 5.32 Å². The molecule has 0 bridgehead atoms. The molecule has 0 saturated heterocycles. The molecule has 0 saturated carbocycles. The number of hydrogen-bond acceptors (Lipinski definition) is 4. The molecule has 0 unspecified atom stereocenters. The van der Waals surface area contributed by atoms with Crippen molar-refractivity contribution in [1.82, 2.24) is 5.32 Å². The third kappa shape index (κ3) is 4.17. The Morgan fingerprint density at radius 2 is 2.00 bits per heavy atom. The molecule has 0 spiro atoms. The van der Waals surface area contributed by atoms with E-state index in [0.29, 0.717) is 11.3 Å². The fourth-order valence-electron chi connectivity index (χ4n) is 1.63. The minimum absolute atomic E-state index is 0.0307. The molecule has 1 aromatic heterocycles. The third-order valence-corrected chi connectivity index (χ3v) is 2.71. The molecule has 5 nitrogen and oxygen atoms in total. The van der Waals surface area contributed by atoms with Gasteiger partial charge in [-0.05, 0) is 25.1 Å². The Morgan fingerprint density at radius 3 is 2.67 bits per heavy atom. The molecule has 0 aliphatic rings. The minimum atomic E-state index is -0.718. The molecule has 1 heterocycles. The van der Waals surface area contributed by atoms with Crippen LogP contribution in [0.4, 0.5) is 4.39 Å². The van der Waals surface area contributed by atoms with Crippen LogP contribution in [0.5, 0.6) is 0 Å². The summed E-state index contributed by atoms with van der Waals surface area (Å²) in [7, 11) is 0. The standard InChI is InChI=1S/C15H14FNO4/c1-10-6-7-13(21-10)15(19)20-9-14(18)17-8-11-4-2-3-5-12(11)16/h2-7H,8-9H2,1H3,(H,17,18). The smallest absolute Gasteiger partial charge is 0.374 e. The average molecular weight is 291 g/mol. The molecule has 2 aromatic rings. The van der Waals surface area contributed by atoms with Crippen molar-refractivity contribution in [3.8, 4) is 0 Å². The van der Waals surface area contributed by atoms with Gasteiger partial charge < -0.3 is 14.5 Å². The molecule has 0 radical (unpaired) electrons. The van der Waals surface area contributed by atoms with E-state index in [4.69, 9.17) is 9.15 Å². The molecule has 21 heavy (non-hydrogen) atoms. The summed E-state index contributed by atoms with van der Waals surface area (Å²) in [6, 6.07) is 9.19. The summed E-state index contributed by atoms with van der Waals surface area (Å²) < 4.78 is 23.2. The van der Waals surface area contributed by atoms with Gasteiger partial charge in [-0.25, -0.2) is 9.18 Å². The van der Waals surface area contributed by atoms with Gasteiger partial charge in [0, 0.05) is 12.1 Å². The Kier molecular flexibility index (Phi) is 4.71. The van der Waals surface area contributed by atoms with Crippen LogP contribution in [-0.2, 0) is 16.1 Å². The van der Waals surface area contributed by atoms with E-state index in [1.807, 2.05) is 0 Å². The Hall–Kier alpha value is -2.63. The maximum absolute atomic E-state index is 13.3. The number of rotatable bonds is 5. The number of carbonyl (C=O) groups excluding carboxylic acids is 2. The predicted octanol–water partition coefficient (Wildman–Crippen LogP) is 2.20. The Morgan fingerprint density at radius 1 is 1.24 bits per heavy atom. The van der Waals surface area contributed by atoms with Gasteiger partial charge in [0.05, 0.1) is 0 Å². The van der Waals surface area contributed by atoms with Gasteiger partial charge in [-0.15, -0.1) is 0 Å². The molecule has 0 aliphatic carbocycles. The summed E-state index contributed by atoms with van der Waals surface area (Å²) in [5, 5.41) is 2.47. The number of amides is 1. The number of nitrogens with one attached hydrogen (secondary N) is 1. The maximum Gasteiger partial charge on any atom is 0.374 e. The van der Waals surface area contributed by atoms with Crippen LogP contribution >= 0.6 is 0 Å². The van der Waals surface area contributed by atoms with E-state index < -0.39 is 24.3 Å². The number of furan rings is 1. The fraction of sp³-hybridized carbons (Fsp3) is 0.200. The van der Waals surface area contributed by atoms with Gasteiger partial charge in [-0.3, -0.25) is 4.79 Å². The molecular weight excluding hydrogens is 277 g/mol. The van der Waals surface area contributed by atoms with Crippen LogP contribution in [-0.4, -0.2) is 18.5 Å². The zero-order chi connectivity index (χ0) is 15.2. The number of benzene rings is 1. The van der Waals surface area contributed by atoms with Crippen molar-refractivity contribution in [2.75, 3.05) is 6.61 Å². The molecule has 0 atom stereocenters. The SMILES string of the molecule is Cc1ccc(C(=O)OCC(=O)NCc2ccccc2F)o1. The molecule has 0 aliphatic heterocycles. The zero-order valence-electron chi connectivity index (χ0n) is 11.4. The topological polar surface area (TPSA) is 68.5 Å². The normalized spacial score (nSPS) is 10.2. The van der Waals surface area contributed by atoms with Crippen LogP contribution in [0, 0.1) is 12.7 Å². The summed E-state index contributed by atoms with van der Waals surface area (Å²) in [6.45, 7) is 1.27. The highest BCUT2D eigenvalue weighted by molar-refractivity contribution is 5.88. The molecule has 1 N–H and O–H groups in total. The first-order valence-corrected chi connectivity index (χ1v) is 6.30. The van der Waals surface area contributed by atoms with Crippen LogP contribution in [0.15, 0.2) is 40.8 Å². The number of halogens is 1. The van der Waals surface area contributed by atoms with Gasteiger partial charge in [0.2, 0.25) is 5.76 Å². The van der Waals surface area contributed by atoms with Crippen molar-refractivity contribution < 1.29 is 23.1 Å². The quantitative estimate of drug-likeness (QED) is 0.857. The van der Waals surface area contributed by atoms with Crippen molar-refractivity contribution in [3.63, 3.8) is 0 Å². The molecule has 6 heteroatoms. The van der Waals surface area contributed by atoms with Gasteiger partial charge in [-0.1, -0.05) is 18.2 Å². The largest absolute Gasteiger partial charge is 0.454 e. The predicted molar refractivity (Wildman–Crippen MR) is 72.0 cm³/mol. The highest BCUT2D eigenvalue weighted by atomic mass is 19.1. The molecule has 0 fully saturated rings. The number of aryl methyl sites for hydroxylation is 1. The lowest BCUT2D eigenvalue weighted by Crippen LogP contribution is -2.28. The van der Waals surface area contributed by atoms with E-state index in [-0.39, 0.29) is 12.3 Å². The first kappa shape index (κ1) is 14.8. The summed E-state index contributed by atoms with van der Waals surface area (Å²) in [5.41, 5.74) is 0.360. The second kappa shape index (κ2) is 6.69. The van der Waals surface area contributed by atoms with Gasteiger partial charge in [0.1, 0.15) is 11.6 Å². The van der Waals surface area contributed by atoms with Crippen molar-refractivity contribution in [2.24, 2.45) is 0 Å². The Bertz CT molecular complexity index is 651. The Labute approximate surface area is 120 Å². The highest BCUT2D eigenvalue weighted by Gasteiger charge is 2.13. The summed E-state index contributed by atoms with van der Waals surface area (Å²) in [6.07, 6.45) is 0. The molecule has 110 valence electrons. The average Bonchev–Trinajstić information content (AvgIpc) is 2.90. The van der Waals surface area contributed by atoms with Crippen LogP contribution < -0.4 is 5.32 Å². The number of hydrogen-bond donors (Lipinski definition) is 1. The zero-order valence-corrected chi connectivity index (χ0v) is 11.4. The van der Waals surface area contributed by atoms with Crippen LogP contribution in [0.3, 0.4) is 0 Å². The number of carbonyl (C=O) groups is 2. The van der Waals surface area contributed by atoms with E-state index in [9.17, 15) is 14.0 Å². The number of esters is 1. The molecule has 1 amide bonds. The highest BCUT2D eigenvalue weighted by Crippen LogP contribution is 2.08. The van der Waals surface area contributed by atoms with Crippen molar-refractivity contribution in [3.05, 3.63) is 59.3 Å². The van der Waals surface area contributed by atoms with Crippen molar-refractivity contribution >= 4 is 11.9 Å². The van der Waals surface area contributed by atoms with Gasteiger partial charge in [0.15, 0.2) is 6.61 Å². The monoisotopic (exact) mass is 291 g/mol. The summed E-state index contributed by atoms with van der Waals surface area (Å²) >= 11 is 0. The van der Waals surface area contributed by atoms with Crippen molar-refractivity contribution in [1.29, 1.82) is 0 Å². The lowest BCUT2D eigenvalue weighted by Gasteiger charge is -2.06. The second-order valence-electron chi connectivity index (χ2n) is 4.35. The van der Waals surface area contributed by atoms with E-state index in [1.165, 1.54) is 12.1 Å². The van der Waals surface area contributed by atoms with Gasteiger partial charge in [0.25, 0.3) is 5.91 Å². The van der Waals surface area contributed by atoms with Crippen LogP contribution in [0.25, 0.3) is 0 Å². The summed E-state index contributed by atoms with van der Waals surface area (Å²) in [5.74, 6) is -1.03. The second-order valence-corrected chi connectivity index (χ2v) is 4.35. The maximum atomic E-state index is 13.3. The lowest BCUT2D eigenvalue weighted by atomic mass is 10.2. The van der Waals surface area contributed by atoms with Crippen molar-refractivity contribution in [2.45, 2.75) is 13.5 Å². The minimum Gasteiger partial charge on any atom is -0.454 e. The molecular formula is C15H14FNO4. The first-order chi connectivity index (χ1) is 10.1. The lowest BCUT2D eigenvalue weighted by molar-refractivity contribution is -0.124. The first-order valence-electron chi connectivity index (χ1n) is 6.30.